The zero-order valence-corrected chi connectivity index (χ0v) is 15.8. The monoisotopic (exact) mass is 378 g/mol. The van der Waals surface area contributed by atoms with Crippen molar-refractivity contribution in [3.8, 4) is 0 Å². The molecule has 7 heteroatoms. The molecule has 3 amide bonds. The Kier molecular flexibility index (Phi) is 6.74. The average molecular weight is 379 g/mol. The maximum absolute atomic E-state index is 12.1. The third-order valence-electron chi connectivity index (χ3n) is 5.11. The van der Waals surface area contributed by atoms with E-state index in [1.807, 2.05) is 24.3 Å². The lowest BCUT2D eigenvalue weighted by molar-refractivity contribution is -0.121. The smallest absolute Gasteiger partial charge is 0.321 e. The number of nitrogens with one attached hydrogen (secondary N) is 2. The summed E-state index contributed by atoms with van der Waals surface area (Å²) in [5.41, 5.74) is 1.11. The molecule has 0 radical (unpaired) electrons. The predicted octanol–water partition coefficient (Wildman–Crippen LogP) is 2.62. The molecule has 1 aliphatic carbocycles. The molecule has 0 bridgehead atoms. The maximum atomic E-state index is 12.1. The van der Waals surface area contributed by atoms with Gasteiger partial charge in [0.1, 0.15) is 0 Å². The highest BCUT2D eigenvalue weighted by Gasteiger charge is 2.21. The van der Waals surface area contributed by atoms with E-state index in [1.54, 1.807) is 0 Å². The Morgan fingerprint density at radius 3 is 2.50 bits per heavy atom. The second-order valence-corrected chi connectivity index (χ2v) is 7.54. The lowest BCUT2D eigenvalue weighted by Crippen LogP contribution is -2.52. The molecule has 1 aliphatic heterocycles. The molecule has 2 N–H and O–H groups in total. The molecule has 26 heavy (non-hydrogen) atoms. The van der Waals surface area contributed by atoms with E-state index in [2.05, 4.69) is 20.4 Å². The number of hydrogen-bond donors (Lipinski definition) is 2. The molecule has 2 aliphatic rings. The number of imide groups is 1. The van der Waals surface area contributed by atoms with Crippen LogP contribution in [0.4, 0.5) is 10.5 Å². The minimum Gasteiger partial charge on any atom is -0.369 e. The van der Waals surface area contributed by atoms with Crippen molar-refractivity contribution in [2.24, 2.45) is 0 Å². The first kappa shape index (κ1) is 19.0. The number of nitrogens with zero attached hydrogens (tertiary/aromatic N) is 2. The fourth-order valence-electron chi connectivity index (χ4n) is 3.67. The summed E-state index contributed by atoms with van der Waals surface area (Å²) < 4.78 is 0. The van der Waals surface area contributed by atoms with Gasteiger partial charge in [0.2, 0.25) is 5.91 Å². The van der Waals surface area contributed by atoms with Crippen LogP contribution in [0.5, 0.6) is 0 Å². The van der Waals surface area contributed by atoms with Crippen LogP contribution in [0.1, 0.15) is 32.1 Å². The largest absolute Gasteiger partial charge is 0.369 e. The molecule has 0 unspecified atom stereocenters. The van der Waals surface area contributed by atoms with Crippen LogP contribution in [0, 0.1) is 0 Å². The van der Waals surface area contributed by atoms with E-state index in [9.17, 15) is 9.59 Å². The second kappa shape index (κ2) is 9.24. The molecular weight excluding hydrogens is 352 g/mol. The van der Waals surface area contributed by atoms with Crippen molar-refractivity contribution in [3.63, 3.8) is 0 Å². The summed E-state index contributed by atoms with van der Waals surface area (Å²) in [5.74, 6) is -0.241. The molecule has 3 rings (SSSR count). The Labute approximate surface area is 159 Å². The first-order chi connectivity index (χ1) is 12.6. The van der Waals surface area contributed by atoms with Gasteiger partial charge in [-0.05, 0) is 31.0 Å². The Morgan fingerprint density at radius 2 is 1.81 bits per heavy atom. The second-order valence-electron chi connectivity index (χ2n) is 7.10. The van der Waals surface area contributed by atoms with E-state index in [0.29, 0.717) is 0 Å². The first-order valence-corrected chi connectivity index (χ1v) is 9.81. The molecule has 1 saturated heterocycles. The van der Waals surface area contributed by atoms with Gasteiger partial charge >= 0.3 is 6.03 Å². The Balaban J connectivity index is 1.38. The van der Waals surface area contributed by atoms with Gasteiger partial charge in [-0.3, -0.25) is 15.0 Å². The van der Waals surface area contributed by atoms with E-state index in [1.165, 1.54) is 6.42 Å². The number of rotatable bonds is 4. The summed E-state index contributed by atoms with van der Waals surface area (Å²) in [5, 5.41) is 6.10. The lowest BCUT2D eigenvalue weighted by atomic mass is 9.96. The van der Waals surface area contributed by atoms with E-state index < -0.39 is 0 Å². The molecule has 6 nitrogen and oxygen atoms in total. The van der Waals surface area contributed by atoms with Crippen LogP contribution in [0.25, 0.3) is 0 Å². The van der Waals surface area contributed by atoms with Crippen molar-refractivity contribution in [2.45, 2.75) is 38.1 Å². The molecule has 0 spiro atoms. The van der Waals surface area contributed by atoms with E-state index >= 15 is 0 Å². The normalized spacial score (nSPS) is 19.2. The van der Waals surface area contributed by atoms with Crippen LogP contribution in [0.3, 0.4) is 0 Å². The first-order valence-electron chi connectivity index (χ1n) is 9.43. The van der Waals surface area contributed by atoms with Gasteiger partial charge in [-0.15, -0.1) is 0 Å². The maximum Gasteiger partial charge on any atom is 0.321 e. The zero-order chi connectivity index (χ0) is 18.4. The number of carbonyl (C=O) groups is 2. The SMILES string of the molecule is O=C(CN1CCN(c2cccc(Cl)c2)CC1)NC(=O)NC1CCCCC1. The highest BCUT2D eigenvalue weighted by atomic mass is 35.5. The molecule has 1 aromatic rings. The highest BCUT2D eigenvalue weighted by Crippen LogP contribution is 2.20. The summed E-state index contributed by atoms with van der Waals surface area (Å²) in [6.07, 6.45) is 5.55. The van der Waals surface area contributed by atoms with Crippen molar-refractivity contribution in [1.82, 2.24) is 15.5 Å². The van der Waals surface area contributed by atoms with E-state index in [4.69, 9.17) is 11.6 Å². The van der Waals surface area contributed by atoms with Gasteiger partial charge in [-0.25, -0.2) is 4.79 Å². The molecule has 1 saturated carbocycles. The third kappa shape index (κ3) is 5.61. The number of carbonyl (C=O) groups excluding carboxylic acids is 2. The molecular formula is C19H27ClN4O2. The van der Waals surface area contributed by atoms with Crippen LogP contribution in [-0.2, 0) is 4.79 Å². The number of benzene rings is 1. The molecule has 142 valence electrons. The van der Waals surface area contributed by atoms with Gasteiger partial charge in [0.15, 0.2) is 0 Å². The summed E-state index contributed by atoms with van der Waals surface area (Å²) in [7, 11) is 0. The van der Waals surface area contributed by atoms with Crippen molar-refractivity contribution >= 4 is 29.2 Å². The molecule has 0 atom stereocenters. The predicted molar refractivity (Wildman–Crippen MR) is 104 cm³/mol. The number of halogens is 1. The van der Waals surface area contributed by atoms with Gasteiger partial charge < -0.3 is 10.2 Å². The van der Waals surface area contributed by atoms with Crippen molar-refractivity contribution in [3.05, 3.63) is 29.3 Å². The number of anilines is 1. The minimum atomic E-state index is -0.362. The number of piperazine rings is 1. The van der Waals surface area contributed by atoms with Crippen LogP contribution < -0.4 is 15.5 Å². The Hall–Kier alpha value is -1.79. The standard InChI is InChI=1S/C19H27ClN4O2/c20-15-5-4-8-17(13-15)24-11-9-23(10-12-24)14-18(25)22-19(26)21-16-6-2-1-3-7-16/h4-5,8,13,16H,1-3,6-7,9-12,14H2,(H2,21,22,25,26). The number of urea groups is 1. The quantitative estimate of drug-likeness (QED) is 0.845. The van der Waals surface area contributed by atoms with Crippen LogP contribution in [0.15, 0.2) is 24.3 Å². The Morgan fingerprint density at radius 1 is 1.08 bits per heavy atom. The number of hydrogen-bond acceptors (Lipinski definition) is 4. The van der Waals surface area contributed by atoms with E-state index in [-0.39, 0.29) is 24.5 Å². The van der Waals surface area contributed by atoms with Gasteiger partial charge in [-0.2, -0.15) is 0 Å². The topological polar surface area (TPSA) is 64.7 Å². The summed E-state index contributed by atoms with van der Waals surface area (Å²) >= 11 is 6.05. The third-order valence-corrected chi connectivity index (χ3v) is 5.34. The van der Waals surface area contributed by atoms with Gasteiger partial charge in [0, 0.05) is 42.9 Å². The van der Waals surface area contributed by atoms with Crippen LogP contribution in [0.2, 0.25) is 5.02 Å². The fourth-order valence-corrected chi connectivity index (χ4v) is 3.86. The van der Waals surface area contributed by atoms with Gasteiger partial charge in [-0.1, -0.05) is 36.9 Å². The lowest BCUT2D eigenvalue weighted by Gasteiger charge is -2.35. The van der Waals surface area contributed by atoms with Gasteiger partial charge in [0.05, 0.1) is 6.54 Å². The summed E-state index contributed by atoms with van der Waals surface area (Å²) in [6, 6.07) is 7.66. The summed E-state index contributed by atoms with van der Waals surface area (Å²) in [4.78, 5) is 28.4. The molecule has 2 fully saturated rings. The van der Waals surface area contributed by atoms with Crippen LogP contribution in [-0.4, -0.2) is 55.6 Å². The minimum absolute atomic E-state index is 0.206. The highest BCUT2D eigenvalue weighted by molar-refractivity contribution is 6.30. The molecule has 1 aromatic carbocycles. The fraction of sp³-hybridized carbons (Fsp3) is 0.579. The average Bonchev–Trinajstić information content (AvgIpc) is 2.63. The van der Waals surface area contributed by atoms with Crippen molar-refractivity contribution in [2.75, 3.05) is 37.6 Å². The molecule has 1 heterocycles. The van der Waals surface area contributed by atoms with Crippen LogP contribution >= 0.6 is 11.6 Å². The zero-order valence-electron chi connectivity index (χ0n) is 15.0. The van der Waals surface area contributed by atoms with Gasteiger partial charge in [0.25, 0.3) is 0 Å². The number of amides is 3. The molecule has 0 aromatic heterocycles. The van der Waals surface area contributed by atoms with Crippen molar-refractivity contribution < 1.29 is 9.59 Å². The Bertz CT molecular complexity index is 626. The van der Waals surface area contributed by atoms with E-state index in [0.717, 1.165) is 62.6 Å². The van der Waals surface area contributed by atoms with Crippen molar-refractivity contribution in [1.29, 1.82) is 0 Å². The summed E-state index contributed by atoms with van der Waals surface area (Å²) in [6.45, 7) is 3.49.